The maximum absolute atomic E-state index is 9.77. The van der Waals surface area contributed by atoms with E-state index in [4.69, 9.17) is 4.74 Å². The van der Waals surface area contributed by atoms with E-state index >= 15 is 0 Å². The first-order chi connectivity index (χ1) is 12.1. The van der Waals surface area contributed by atoms with Crippen LogP contribution in [0.2, 0.25) is 0 Å². The minimum absolute atomic E-state index is 0.0910. The SMILES string of the molecule is OC1=CCC([C@H]2COc3cc(O)ccc3[C@H]2c2ccc(O)cc2)C=C1. The summed E-state index contributed by atoms with van der Waals surface area (Å²) in [6.45, 7) is 0.533. The molecule has 0 radical (unpaired) electrons. The van der Waals surface area contributed by atoms with Gasteiger partial charge in [0.2, 0.25) is 0 Å². The molecule has 0 spiro atoms. The summed E-state index contributed by atoms with van der Waals surface area (Å²) in [7, 11) is 0. The Morgan fingerprint density at radius 2 is 1.68 bits per heavy atom. The van der Waals surface area contributed by atoms with Gasteiger partial charge in [0.1, 0.15) is 23.0 Å². The van der Waals surface area contributed by atoms with Gasteiger partial charge in [-0.1, -0.05) is 24.3 Å². The molecule has 4 nitrogen and oxygen atoms in total. The third kappa shape index (κ3) is 2.95. The van der Waals surface area contributed by atoms with Crippen LogP contribution in [0.15, 0.2) is 66.5 Å². The summed E-state index contributed by atoms with van der Waals surface area (Å²) in [5.74, 6) is 1.97. The quantitative estimate of drug-likeness (QED) is 0.766. The van der Waals surface area contributed by atoms with Crippen LogP contribution in [-0.2, 0) is 0 Å². The van der Waals surface area contributed by atoms with Crippen molar-refractivity contribution in [3.63, 3.8) is 0 Å². The molecule has 2 aromatic carbocycles. The minimum Gasteiger partial charge on any atom is -0.508 e. The molecule has 3 atom stereocenters. The van der Waals surface area contributed by atoms with Gasteiger partial charge in [-0.05, 0) is 48.3 Å². The number of aliphatic hydroxyl groups excluding tert-OH is 1. The van der Waals surface area contributed by atoms with Gasteiger partial charge in [0.25, 0.3) is 0 Å². The maximum atomic E-state index is 9.77. The number of hydrogen-bond acceptors (Lipinski definition) is 4. The topological polar surface area (TPSA) is 69.9 Å². The summed E-state index contributed by atoms with van der Waals surface area (Å²) in [5, 5.41) is 29.0. The normalized spacial score (nSPS) is 25.0. The number of hydrogen-bond donors (Lipinski definition) is 3. The smallest absolute Gasteiger partial charge is 0.126 e. The Bertz CT molecular complexity index is 835. The molecule has 4 rings (SSSR count). The van der Waals surface area contributed by atoms with Crippen molar-refractivity contribution < 1.29 is 20.1 Å². The van der Waals surface area contributed by atoms with Gasteiger partial charge in [0.05, 0.1) is 6.61 Å². The number of benzene rings is 2. The molecular formula is C21H20O4. The molecule has 0 saturated heterocycles. The fourth-order valence-corrected chi connectivity index (χ4v) is 3.84. The third-order valence-corrected chi connectivity index (χ3v) is 5.11. The van der Waals surface area contributed by atoms with Gasteiger partial charge in [0, 0.05) is 23.5 Å². The number of ether oxygens (including phenoxy) is 1. The van der Waals surface area contributed by atoms with Crippen LogP contribution in [-0.4, -0.2) is 21.9 Å². The zero-order valence-electron chi connectivity index (χ0n) is 13.7. The monoisotopic (exact) mass is 336 g/mol. The molecule has 1 aliphatic heterocycles. The van der Waals surface area contributed by atoms with Gasteiger partial charge in [-0.3, -0.25) is 0 Å². The van der Waals surface area contributed by atoms with E-state index < -0.39 is 0 Å². The first-order valence-corrected chi connectivity index (χ1v) is 8.44. The average Bonchev–Trinajstić information content (AvgIpc) is 2.62. The van der Waals surface area contributed by atoms with E-state index in [9.17, 15) is 15.3 Å². The molecule has 0 bridgehead atoms. The summed E-state index contributed by atoms with van der Waals surface area (Å²) in [6.07, 6.45) is 6.39. The number of aliphatic hydroxyl groups is 1. The molecule has 1 unspecified atom stereocenters. The second kappa shape index (κ2) is 6.20. The Balaban J connectivity index is 1.77. The van der Waals surface area contributed by atoms with E-state index in [1.807, 2.05) is 30.4 Å². The van der Waals surface area contributed by atoms with Crippen LogP contribution in [0.5, 0.6) is 17.2 Å². The average molecular weight is 336 g/mol. The Kier molecular flexibility index (Phi) is 3.88. The molecule has 4 heteroatoms. The number of aromatic hydroxyl groups is 2. The highest BCUT2D eigenvalue weighted by Crippen LogP contribution is 2.47. The Morgan fingerprint density at radius 1 is 0.920 bits per heavy atom. The molecule has 1 heterocycles. The van der Waals surface area contributed by atoms with E-state index in [2.05, 4.69) is 0 Å². The van der Waals surface area contributed by atoms with E-state index in [0.717, 1.165) is 17.5 Å². The standard InChI is InChI=1S/C21H20O4/c22-15-5-1-13(2-6-15)19-12-25-20-11-17(24)9-10-18(20)21(19)14-3-7-16(23)8-4-14/h1,3-11,13,19,21-24H,2,12H2/t13?,19-,21-/m1/s1. The summed E-state index contributed by atoms with van der Waals surface area (Å²) in [6, 6.07) is 12.5. The molecule has 2 aromatic rings. The predicted molar refractivity (Wildman–Crippen MR) is 95.0 cm³/mol. The van der Waals surface area contributed by atoms with Crippen LogP contribution in [0.1, 0.15) is 23.5 Å². The van der Waals surface area contributed by atoms with Crippen molar-refractivity contribution in [2.45, 2.75) is 12.3 Å². The lowest BCUT2D eigenvalue weighted by Crippen LogP contribution is -2.32. The highest BCUT2D eigenvalue weighted by molar-refractivity contribution is 5.49. The zero-order valence-corrected chi connectivity index (χ0v) is 13.7. The van der Waals surface area contributed by atoms with Crippen molar-refractivity contribution in [2.75, 3.05) is 6.61 Å². The molecule has 25 heavy (non-hydrogen) atoms. The van der Waals surface area contributed by atoms with E-state index in [-0.39, 0.29) is 29.3 Å². The van der Waals surface area contributed by atoms with E-state index in [1.165, 1.54) is 0 Å². The Labute approximate surface area is 146 Å². The van der Waals surface area contributed by atoms with Gasteiger partial charge in [-0.2, -0.15) is 0 Å². The Hall–Kier alpha value is -2.88. The first kappa shape index (κ1) is 15.6. The number of fused-ring (bicyclic) bond motifs is 1. The van der Waals surface area contributed by atoms with Crippen molar-refractivity contribution >= 4 is 0 Å². The van der Waals surface area contributed by atoms with Crippen molar-refractivity contribution in [1.29, 1.82) is 0 Å². The number of phenols is 2. The third-order valence-electron chi connectivity index (χ3n) is 5.11. The van der Waals surface area contributed by atoms with Crippen LogP contribution in [0.4, 0.5) is 0 Å². The summed E-state index contributed by atoms with van der Waals surface area (Å²) < 4.78 is 5.95. The molecule has 3 N–H and O–H groups in total. The fraction of sp³-hybridized carbons (Fsp3) is 0.238. The predicted octanol–water partition coefficient (Wildman–Crippen LogP) is 4.26. The lowest BCUT2D eigenvalue weighted by molar-refractivity contribution is 0.170. The second-order valence-corrected chi connectivity index (χ2v) is 6.65. The molecule has 2 aliphatic rings. The number of phenolic OH excluding ortho intramolecular Hbond substituents is 2. The summed E-state index contributed by atoms with van der Waals surface area (Å²) in [4.78, 5) is 0. The Morgan fingerprint density at radius 3 is 2.40 bits per heavy atom. The number of rotatable bonds is 2. The molecule has 128 valence electrons. The second-order valence-electron chi connectivity index (χ2n) is 6.65. The van der Waals surface area contributed by atoms with Crippen molar-refractivity contribution in [3.8, 4) is 17.2 Å². The van der Waals surface area contributed by atoms with Crippen molar-refractivity contribution in [2.24, 2.45) is 11.8 Å². The van der Waals surface area contributed by atoms with Crippen LogP contribution >= 0.6 is 0 Å². The van der Waals surface area contributed by atoms with Crippen molar-refractivity contribution in [1.82, 2.24) is 0 Å². The lowest BCUT2D eigenvalue weighted by Gasteiger charge is -2.38. The van der Waals surface area contributed by atoms with E-state index in [1.54, 1.807) is 30.3 Å². The fourth-order valence-electron chi connectivity index (χ4n) is 3.84. The van der Waals surface area contributed by atoms with Crippen LogP contribution in [0.3, 0.4) is 0 Å². The van der Waals surface area contributed by atoms with Gasteiger partial charge in [0.15, 0.2) is 0 Å². The van der Waals surface area contributed by atoms with E-state index in [0.29, 0.717) is 18.1 Å². The zero-order chi connectivity index (χ0) is 17.4. The molecular weight excluding hydrogens is 316 g/mol. The molecule has 0 aromatic heterocycles. The van der Waals surface area contributed by atoms with Crippen molar-refractivity contribution in [3.05, 3.63) is 77.6 Å². The number of allylic oxidation sites excluding steroid dienone is 3. The van der Waals surface area contributed by atoms with Crippen LogP contribution in [0, 0.1) is 11.8 Å². The maximum Gasteiger partial charge on any atom is 0.126 e. The van der Waals surface area contributed by atoms with Crippen LogP contribution < -0.4 is 4.74 Å². The van der Waals surface area contributed by atoms with Crippen LogP contribution in [0.25, 0.3) is 0 Å². The minimum atomic E-state index is 0.0910. The summed E-state index contributed by atoms with van der Waals surface area (Å²) >= 11 is 0. The molecule has 0 amide bonds. The molecule has 0 saturated carbocycles. The van der Waals surface area contributed by atoms with Gasteiger partial charge < -0.3 is 20.1 Å². The van der Waals surface area contributed by atoms with Gasteiger partial charge in [-0.25, -0.2) is 0 Å². The highest BCUT2D eigenvalue weighted by atomic mass is 16.5. The molecule has 1 aliphatic carbocycles. The summed E-state index contributed by atoms with van der Waals surface area (Å²) in [5.41, 5.74) is 2.14. The molecule has 0 fully saturated rings. The van der Waals surface area contributed by atoms with Gasteiger partial charge in [-0.15, -0.1) is 0 Å². The first-order valence-electron chi connectivity index (χ1n) is 8.44. The highest BCUT2D eigenvalue weighted by Gasteiger charge is 2.36. The largest absolute Gasteiger partial charge is 0.508 e. The van der Waals surface area contributed by atoms with Gasteiger partial charge >= 0.3 is 0 Å². The lowest BCUT2D eigenvalue weighted by atomic mass is 9.71.